The highest BCUT2D eigenvalue weighted by Crippen LogP contribution is 2.41. The van der Waals surface area contributed by atoms with Gasteiger partial charge in [0.15, 0.2) is 5.17 Å². The Morgan fingerprint density at radius 3 is 2.65 bits per heavy atom. The van der Waals surface area contributed by atoms with Gasteiger partial charge in [0.1, 0.15) is 0 Å². The van der Waals surface area contributed by atoms with Crippen LogP contribution in [0, 0.1) is 5.92 Å². The fourth-order valence-electron chi connectivity index (χ4n) is 2.48. The number of rotatable bonds is 2. The second-order valence-electron chi connectivity index (χ2n) is 6.47. The number of aliphatic imine (C=N–C) groups is 1. The van der Waals surface area contributed by atoms with Gasteiger partial charge in [-0.3, -0.25) is 4.99 Å². The van der Waals surface area contributed by atoms with E-state index in [1.54, 1.807) is 0 Å². The van der Waals surface area contributed by atoms with Crippen LogP contribution in [-0.4, -0.2) is 22.0 Å². The number of hydrogen-bond donors (Lipinski definition) is 1. The molecule has 1 spiro atoms. The van der Waals surface area contributed by atoms with Crippen molar-refractivity contribution in [1.82, 2.24) is 5.32 Å². The molecule has 2 aliphatic rings. The minimum Gasteiger partial charge on any atom is -0.360 e. The molecular weight excluding hydrogens is 228 g/mol. The summed E-state index contributed by atoms with van der Waals surface area (Å²) in [6.45, 7) is 9.11. The molecule has 0 aromatic heterocycles. The minimum absolute atomic E-state index is 0.180. The fourth-order valence-corrected chi connectivity index (χ4v) is 3.85. The van der Waals surface area contributed by atoms with Gasteiger partial charge in [0.05, 0.1) is 5.54 Å². The molecule has 0 unspecified atom stereocenters. The van der Waals surface area contributed by atoms with Gasteiger partial charge in [-0.2, -0.15) is 0 Å². The standard InChI is InChI=1S/C14H26N2S/c1-5-13(3,4)15-12-16-14(10-17-12)8-6-11(2)7-9-14/h11H,5-10H2,1-4H3,(H,15,16). The van der Waals surface area contributed by atoms with E-state index in [9.17, 15) is 0 Å². The van der Waals surface area contributed by atoms with E-state index in [2.05, 4.69) is 33.0 Å². The molecule has 0 aromatic carbocycles. The lowest BCUT2D eigenvalue weighted by Gasteiger charge is -2.32. The van der Waals surface area contributed by atoms with Gasteiger partial charge < -0.3 is 5.32 Å². The van der Waals surface area contributed by atoms with Crippen LogP contribution in [0.3, 0.4) is 0 Å². The van der Waals surface area contributed by atoms with Crippen LogP contribution >= 0.6 is 11.8 Å². The third-order valence-corrected chi connectivity index (χ3v) is 5.50. The first-order valence-corrected chi connectivity index (χ1v) is 7.94. The lowest BCUT2D eigenvalue weighted by Crippen LogP contribution is -2.41. The average Bonchev–Trinajstić information content (AvgIpc) is 2.66. The van der Waals surface area contributed by atoms with E-state index in [0.29, 0.717) is 0 Å². The lowest BCUT2D eigenvalue weighted by molar-refractivity contribution is 0.273. The Labute approximate surface area is 110 Å². The Morgan fingerprint density at radius 2 is 2.06 bits per heavy atom. The zero-order valence-electron chi connectivity index (χ0n) is 11.7. The number of nitrogens with one attached hydrogen (secondary N) is 1. The van der Waals surface area contributed by atoms with Crippen molar-refractivity contribution in [3.05, 3.63) is 0 Å². The average molecular weight is 254 g/mol. The van der Waals surface area contributed by atoms with E-state index in [0.717, 1.165) is 12.3 Å². The van der Waals surface area contributed by atoms with Crippen LogP contribution in [0.15, 0.2) is 4.99 Å². The zero-order valence-corrected chi connectivity index (χ0v) is 12.5. The van der Waals surface area contributed by atoms with Gasteiger partial charge in [-0.25, -0.2) is 0 Å². The van der Waals surface area contributed by atoms with Crippen LogP contribution in [0.5, 0.6) is 0 Å². The van der Waals surface area contributed by atoms with Crippen LogP contribution < -0.4 is 5.32 Å². The predicted octanol–water partition coefficient (Wildman–Crippen LogP) is 3.82. The summed E-state index contributed by atoms with van der Waals surface area (Å²) in [5.41, 5.74) is 0.461. The molecule has 0 saturated heterocycles. The topological polar surface area (TPSA) is 24.4 Å². The summed E-state index contributed by atoms with van der Waals surface area (Å²) in [5, 5.41) is 4.79. The number of hydrogen-bond acceptors (Lipinski definition) is 3. The SMILES string of the molecule is CCC(C)(C)NC1=NC2(CCC(C)CC2)CS1. The second-order valence-corrected chi connectivity index (χ2v) is 7.44. The fraction of sp³-hybridized carbons (Fsp3) is 0.929. The Morgan fingerprint density at radius 1 is 1.41 bits per heavy atom. The van der Waals surface area contributed by atoms with Crippen LogP contribution in [0.4, 0.5) is 0 Å². The van der Waals surface area contributed by atoms with Crippen molar-refractivity contribution in [2.45, 2.75) is 70.9 Å². The third kappa shape index (κ3) is 3.18. The summed E-state index contributed by atoms with van der Waals surface area (Å²) in [5.74, 6) is 2.10. The summed E-state index contributed by atoms with van der Waals surface area (Å²) in [6.07, 6.45) is 6.43. The van der Waals surface area contributed by atoms with Gasteiger partial charge in [-0.15, -0.1) is 0 Å². The Hall–Kier alpha value is -0.180. The molecule has 1 N–H and O–H groups in total. The van der Waals surface area contributed by atoms with E-state index in [1.165, 1.54) is 36.6 Å². The monoisotopic (exact) mass is 254 g/mol. The first kappa shape index (κ1) is 13.3. The van der Waals surface area contributed by atoms with Gasteiger partial charge in [-0.1, -0.05) is 25.6 Å². The summed E-state index contributed by atoms with van der Waals surface area (Å²) in [6, 6.07) is 0. The highest BCUT2D eigenvalue weighted by molar-refractivity contribution is 8.14. The quantitative estimate of drug-likeness (QED) is 0.810. The third-order valence-electron chi connectivity index (χ3n) is 4.35. The van der Waals surface area contributed by atoms with E-state index < -0.39 is 0 Å². The molecule has 1 aliphatic heterocycles. The maximum absolute atomic E-state index is 5.02. The largest absolute Gasteiger partial charge is 0.360 e. The summed E-state index contributed by atoms with van der Waals surface area (Å²) in [7, 11) is 0. The zero-order chi connectivity index (χ0) is 12.5. The first-order valence-electron chi connectivity index (χ1n) is 6.96. The van der Waals surface area contributed by atoms with Crippen LogP contribution in [0.2, 0.25) is 0 Å². The Balaban J connectivity index is 1.99. The minimum atomic E-state index is 0.180. The van der Waals surface area contributed by atoms with E-state index in [1.807, 2.05) is 11.8 Å². The maximum Gasteiger partial charge on any atom is 0.157 e. The predicted molar refractivity (Wildman–Crippen MR) is 77.8 cm³/mol. The molecule has 0 atom stereocenters. The van der Waals surface area contributed by atoms with Crippen molar-refractivity contribution >= 4 is 16.9 Å². The van der Waals surface area contributed by atoms with Gasteiger partial charge in [0.25, 0.3) is 0 Å². The maximum atomic E-state index is 5.02. The van der Waals surface area contributed by atoms with E-state index in [-0.39, 0.29) is 11.1 Å². The summed E-state index contributed by atoms with van der Waals surface area (Å²) >= 11 is 1.93. The van der Waals surface area contributed by atoms with Crippen molar-refractivity contribution in [2.24, 2.45) is 10.9 Å². The van der Waals surface area contributed by atoms with Crippen LogP contribution in [0.25, 0.3) is 0 Å². The number of thioether (sulfide) groups is 1. The second kappa shape index (κ2) is 4.83. The molecule has 3 heteroatoms. The Kier molecular flexibility index (Phi) is 3.77. The van der Waals surface area contributed by atoms with Crippen molar-refractivity contribution in [1.29, 1.82) is 0 Å². The van der Waals surface area contributed by atoms with Crippen molar-refractivity contribution in [3.63, 3.8) is 0 Å². The Bertz CT molecular complexity index is 301. The van der Waals surface area contributed by atoms with E-state index >= 15 is 0 Å². The van der Waals surface area contributed by atoms with Gasteiger partial charge in [-0.05, 0) is 51.9 Å². The highest BCUT2D eigenvalue weighted by atomic mass is 32.2. The lowest BCUT2D eigenvalue weighted by atomic mass is 9.79. The summed E-state index contributed by atoms with van der Waals surface area (Å²) in [4.78, 5) is 5.02. The normalized spacial score (nSPS) is 33.9. The molecule has 1 aliphatic carbocycles. The summed E-state index contributed by atoms with van der Waals surface area (Å²) < 4.78 is 0. The number of nitrogens with zero attached hydrogens (tertiary/aromatic N) is 1. The highest BCUT2D eigenvalue weighted by Gasteiger charge is 2.39. The van der Waals surface area contributed by atoms with Crippen molar-refractivity contribution in [2.75, 3.05) is 5.75 Å². The molecule has 17 heavy (non-hydrogen) atoms. The first-order chi connectivity index (χ1) is 7.95. The van der Waals surface area contributed by atoms with Gasteiger partial charge in [0, 0.05) is 11.3 Å². The van der Waals surface area contributed by atoms with E-state index in [4.69, 9.17) is 4.99 Å². The molecule has 0 amide bonds. The smallest absolute Gasteiger partial charge is 0.157 e. The molecule has 1 heterocycles. The van der Waals surface area contributed by atoms with Crippen molar-refractivity contribution in [3.8, 4) is 0 Å². The molecular formula is C14H26N2S. The molecule has 0 aromatic rings. The molecule has 1 saturated carbocycles. The van der Waals surface area contributed by atoms with Crippen LogP contribution in [-0.2, 0) is 0 Å². The molecule has 0 radical (unpaired) electrons. The number of amidine groups is 1. The van der Waals surface area contributed by atoms with Crippen LogP contribution in [0.1, 0.15) is 59.8 Å². The van der Waals surface area contributed by atoms with Crippen molar-refractivity contribution < 1.29 is 0 Å². The molecule has 2 nitrogen and oxygen atoms in total. The molecule has 98 valence electrons. The molecule has 0 bridgehead atoms. The molecule has 2 rings (SSSR count). The van der Waals surface area contributed by atoms with Gasteiger partial charge >= 0.3 is 0 Å². The van der Waals surface area contributed by atoms with Gasteiger partial charge in [0.2, 0.25) is 0 Å². The molecule has 1 fully saturated rings.